The molecular formula is C18H14N2O2S2. The highest BCUT2D eigenvalue weighted by atomic mass is 32.2. The number of benzene rings is 1. The zero-order chi connectivity index (χ0) is 16.5. The molecule has 1 aliphatic rings. The van der Waals surface area contributed by atoms with Crippen LogP contribution in [0.1, 0.15) is 11.1 Å². The first-order valence-corrected chi connectivity index (χ1v) is 9.46. The Morgan fingerprint density at radius 1 is 1.12 bits per heavy atom. The molecule has 0 aliphatic heterocycles. The third kappa shape index (κ3) is 2.83. The normalized spacial score (nSPS) is 12.5. The quantitative estimate of drug-likeness (QED) is 0.563. The number of rotatable bonds is 4. The lowest BCUT2D eigenvalue weighted by Crippen LogP contribution is -2.10. The molecule has 0 amide bonds. The topological polar surface area (TPSA) is 63.1 Å². The maximum absolute atomic E-state index is 10.9. The molecule has 1 aromatic carbocycles. The second kappa shape index (κ2) is 6.37. The second-order valence-electron chi connectivity index (χ2n) is 5.50. The summed E-state index contributed by atoms with van der Waals surface area (Å²) in [5.74, 6) is -0.899. The molecule has 4 nitrogen and oxygen atoms in total. The molecule has 0 unspecified atom stereocenters. The van der Waals surface area contributed by atoms with Gasteiger partial charge in [-0.25, -0.2) is 9.97 Å². The lowest BCUT2D eigenvalue weighted by atomic mass is 9.88. The Morgan fingerprint density at radius 2 is 1.96 bits per heavy atom. The average Bonchev–Trinajstić information content (AvgIpc) is 3.13. The first-order valence-electron chi connectivity index (χ1n) is 7.60. The molecule has 0 saturated heterocycles. The molecule has 0 fully saturated rings. The number of fused-ring (bicyclic) bond motifs is 3. The van der Waals surface area contributed by atoms with E-state index < -0.39 is 5.97 Å². The maximum Gasteiger partial charge on any atom is 0.313 e. The van der Waals surface area contributed by atoms with Gasteiger partial charge in [0.25, 0.3) is 0 Å². The van der Waals surface area contributed by atoms with E-state index in [2.05, 4.69) is 23.2 Å². The Morgan fingerprint density at radius 3 is 2.75 bits per heavy atom. The van der Waals surface area contributed by atoms with Gasteiger partial charge in [0.05, 0.1) is 22.0 Å². The number of carbonyl (C=O) groups is 1. The summed E-state index contributed by atoms with van der Waals surface area (Å²) in [6.07, 6.45) is 1.88. The van der Waals surface area contributed by atoms with Gasteiger partial charge in [0, 0.05) is 11.1 Å². The Hall–Kier alpha value is -2.18. The number of aryl methyl sites for hydroxylation is 1. The number of thioether (sulfide) groups is 1. The SMILES string of the molecule is O=C(O)CSc1nc(-c2cccs2)c2c(n1)-c1ccccc1CC2. The number of carboxylic acid groups (broad SMARTS) is 1. The predicted octanol–water partition coefficient (Wildman–Crippen LogP) is 4.15. The third-order valence-corrected chi connectivity index (χ3v) is 5.69. The number of hydrogen-bond acceptors (Lipinski definition) is 5. The molecule has 0 saturated carbocycles. The van der Waals surface area contributed by atoms with Crippen LogP contribution in [-0.2, 0) is 17.6 Å². The van der Waals surface area contributed by atoms with Crippen molar-refractivity contribution in [1.82, 2.24) is 9.97 Å². The summed E-state index contributed by atoms with van der Waals surface area (Å²) in [5, 5.41) is 11.5. The molecule has 2 heterocycles. The van der Waals surface area contributed by atoms with E-state index in [0.717, 1.165) is 40.2 Å². The number of carboxylic acids is 1. The number of aromatic nitrogens is 2. The number of nitrogens with zero attached hydrogens (tertiary/aromatic N) is 2. The van der Waals surface area contributed by atoms with Crippen molar-refractivity contribution in [3.05, 3.63) is 52.9 Å². The highest BCUT2D eigenvalue weighted by Gasteiger charge is 2.23. The molecule has 3 aromatic rings. The number of thiophene rings is 1. The maximum atomic E-state index is 10.9. The molecule has 0 radical (unpaired) electrons. The minimum atomic E-state index is -0.862. The highest BCUT2D eigenvalue weighted by molar-refractivity contribution is 7.99. The largest absolute Gasteiger partial charge is 0.481 e. The third-order valence-electron chi connectivity index (χ3n) is 3.98. The molecule has 24 heavy (non-hydrogen) atoms. The molecule has 0 atom stereocenters. The van der Waals surface area contributed by atoms with Crippen molar-refractivity contribution in [1.29, 1.82) is 0 Å². The van der Waals surface area contributed by atoms with E-state index in [-0.39, 0.29) is 5.75 Å². The van der Waals surface area contributed by atoms with Crippen molar-refractivity contribution in [3.8, 4) is 21.8 Å². The summed E-state index contributed by atoms with van der Waals surface area (Å²) in [5.41, 5.74) is 5.47. The fourth-order valence-electron chi connectivity index (χ4n) is 2.96. The second-order valence-corrected chi connectivity index (χ2v) is 7.39. The van der Waals surface area contributed by atoms with E-state index in [1.54, 1.807) is 11.3 Å². The first-order chi connectivity index (χ1) is 11.7. The Kier molecular flexibility index (Phi) is 4.08. The summed E-state index contributed by atoms with van der Waals surface area (Å²) < 4.78 is 0. The molecule has 1 N–H and O–H groups in total. The van der Waals surface area contributed by atoms with Crippen LogP contribution in [0.5, 0.6) is 0 Å². The van der Waals surface area contributed by atoms with Crippen LogP contribution < -0.4 is 0 Å². The fourth-order valence-corrected chi connectivity index (χ4v) is 4.27. The Labute approximate surface area is 147 Å². The first kappa shape index (κ1) is 15.4. The van der Waals surface area contributed by atoms with Gasteiger partial charge in [0.2, 0.25) is 0 Å². The van der Waals surface area contributed by atoms with Gasteiger partial charge in [0.15, 0.2) is 5.16 Å². The van der Waals surface area contributed by atoms with Gasteiger partial charge >= 0.3 is 5.97 Å². The molecule has 1 aliphatic carbocycles. The standard InChI is InChI=1S/C18H14N2O2S2/c21-15(22)10-24-18-19-16-12-5-2-1-4-11(12)7-8-13(16)17(20-18)14-6-3-9-23-14/h1-6,9H,7-8,10H2,(H,21,22). The van der Waals surface area contributed by atoms with Gasteiger partial charge in [-0.15, -0.1) is 11.3 Å². The van der Waals surface area contributed by atoms with Crippen LogP contribution >= 0.6 is 23.1 Å². The number of hydrogen-bond donors (Lipinski definition) is 1. The van der Waals surface area contributed by atoms with E-state index in [4.69, 9.17) is 10.1 Å². The van der Waals surface area contributed by atoms with Gasteiger partial charge in [0.1, 0.15) is 0 Å². The smallest absolute Gasteiger partial charge is 0.313 e. The summed E-state index contributed by atoms with van der Waals surface area (Å²) in [4.78, 5) is 21.4. The van der Waals surface area contributed by atoms with Crippen LogP contribution in [0.25, 0.3) is 21.8 Å². The molecule has 6 heteroatoms. The molecule has 0 spiro atoms. The molecular weight excluding hydrogens is 340 g/mol. The van der Waals surface area contributed by atoms with E-state index >= 15 is 0 Å². The summed E-state index contributed by atoms with van der Waals surface area (Å²) in [6, 6.07) is 12.4. The average molecular weight is 354 g/mol. The van der Waals surface area contributed by atoms with Gasteiger partial charge in [-0.3, -0.25) is 4.79 Å². The molecule has 4 rings (SSSR count). The number of aliphatic carboxylic acids is 1. The predicted molar refractivity (Wildman–Crippen MR) is 96.5 cm³/mol. The van der Waals surface area contributed by atoms with E-state index in [1.165, 1.54) is 17.3 Å². The zero-order valence-corrected chi connectivity index (χ0v) is 14.4. The van der Waals surface area contributed by atoms with Crippen molar-refractivity contribution in [3.63, 3.8) is 0 Å². The van der Waals surface area contributed by atoms with Crippen LogP contribution in [0, 0.1) is 0 Å². The van der Waals surface area contributed by atoms with Crippen molar-refractivity contribution in [2.75, 3.05) is 5.75 Å². The van der Waals surface area contributed by atoms with Gasteiger partial charge in [-0.2, -0.15) is 0 Å². The molecule has 120 valence electrons. The lowest BCUT2D eigenvalue weighted by Gasteiger charge is -2.21. The van der Waals surface area contributed by atoms with Gasteiger partial charge in [-0.1, -0.05) is 42.1 Å². The van der Waals surface area contributed by atoms with Crippen LogP contribution in [-0.4, -0.2) is 26.8 Å². The van der Waals surface area contributed by atoms with E-state index in [9.17, 15) is 4.79 Å². The van der Waals surface area contributed by atoms with Gasteiger partial charge in [-0.05, 0) is 29.9 Å². The zero-order valence-electron chi connectivity index (χ0n) is 12.7. The van der Waals surface area contributed by atoms with Crippen molar-refractivity contribution in [2.45, 2.75) is 18.0 Å². The van der Waals surface area contributed by atoms with Crippen LogP contribution in [0.15, 0.2) is 46.9 Å². The summed E-state index contributed by atoms with van der Waals surface area (Å²) >= 11 is 2.82. The van der Waals surface area contributed by atoms with E-state index in [0.29, 0.717) is 5.16 Å². The summed E-state index contributed by atoms with van der Waals surface area (Å²) in [7, 11) is 0. The van der Waals surface area contributed by atoms with Crippen molar-refractivity contribution >= 4 is 29.1 Å². The summed E-state index contributed by atoms with van der Waals surface area (Å²) in [6.45, 7) is 0. The highest BCUT2D eigenvalue weighted by Crippen LogP contribution is 2.39. The monoisotopic (exact) mass is 354 g/mol. The molecule has 0 bridgehead atoms. The van der Waals surface area contributed by atoms with Crippen LogP contribution in [0.4, 0.5) is 0 Å². The van der Waals surface area contributed by atoms with Crippen molar-refractivity contribution < 1.29 is 9.90 Å². The Balaban J connectivity index is 1.89. The van der Waals surface area contributed by atoms with Gasteiger partial charge < -0.3 is 5.11 Å². The minimum absolute atomic E-state index is 0.0374. The van der Waals surface area contributed by atoms with Crippen LogP contribution in [0.3, 0.4) is 0 Å². The minimum Gasteiger partial charge on any atom is -0.481 e. The van der Waals surface area contributed by atoms with Crippen LogP contribution in [0.2, 0.25) is 0 Å². The van der Waals surface area contributed by atoms with E-state index in [1.807, 2.05) is 23.6 Å². The lowest BCUT2D eigenvalue weighted by molar-refractivity contribution is -0.133. The fraction of sp³-hybridized carbons (Fsp3) is 0.167. The Bertz CT molecular complexity index is 907. The molecule has 2 aromatic heterocycles. The van der Waals surface area contributed by atoms with Crippen molar-refractivity contribution in [2.24, 2.45) is 0 Å².